The Morgan fingerprint density at radius 1 is 1.00 bits per heavy atom. The minimum absolute atomic E-state index is 0.201. The van der Waals surface area contributed by atoms with E-state index in [1.807, 2.05) is 22.9 Å². The average Bonchev–Trinajstić information content (AvgIpc) is 3.17. The van der Waals surface area contributed by atoms with Crippen LogP contribution in [0.5, 0.6) is 0 Å². The standard InChI is InChI=1S/C32H47N3O3/c1-24-15-16-27(19-25(2)30(24)38-32(7,8)23-37-31(4,5)6)20-34(17-18-36-9)21-28-22-35(33-26(28)3)29-13-11-10-12-14-29/h10-15,19,22H,16-18,20-21,23H2,1-9H3. The predicted molar refractivity (Wildman–Crippen MR) is 155 cm³/mol. The van der Waals surface area contributed by atoms with Gasteiger partial charge in [-0.05, 0) is 85.1 Å². The molecule has 0 aliphatic heterocycles. The molecule has 0 fully saturated rings. The summed E-state index contributed by atoms with van der Waals surface area (Å²) in [7, 11) is 1.76. The maximum atomic E-state index is 6.55. The minimum atomic E-state index is -0.432. The molecule has 0 saturated heterocycles. The van der Waals surface area contributed by atoms with Crippen molar-refractivity contribution >= 4 is 0 Å². The number of hydrogen-bond donors (Lipinski definition) is 0. The number of aryl methyl sites for hydroxylation is 1. The highest BCUT2D eigenvalue weighted by Crippen LogP contribution is 2.29. The molecule has 0 amide bonds. The van der Waals surface area contributed by atoms with Crippen LogP contribution in [0.1, 0.15) is 66.1 Å². The van der Waals surface area contributed by atoms with E-state index in [2.05, 4.69) is 90.8 Å². The molecule has 0 atom stereocenters. The van der Waals surface area contributed by atoms with Gasteiger partial charge in [-0.1, -0.05) is 35.9 Å². The van der Waals surface area contributed by atoms with Crippen LogP contribution in [0, 0.1) is 6.92 Å². The molecule has 1 aromatic carbocycles. The molecule has 0 radical (unpaired) electrons. The summed E-state index contributed by atoms with van der Waals surface area (Å²) in [6, 6.07) is 10.3. The molecule has 0 bridgehead atoms. The van der Waals surface area contributed by atoms with Crippen LogP contribution < -0.4 is 0 Å². The third-order valence-corrected chi connectivity index (χ3v) is 6.49. The van der Waals surface area contributed by atoms with Gasteiger partial charge in [-0.2, -0.15) is 5.10 Å². The topological polar surface area (TPSA) is 48.8 Å². The molecule has 0 N–H and O–H groups in total. The smallest absolute Gasteiger partial charge is 0.127 e. The highest BCUT2D eigenvalue weighted by Gasteiger charge is 2.26. The van der Waals surface area contributed by atoms with E-state index in [0.29, 0.717) is 13.2 Å². The second-order valence-electron chi connectivity index (χ2n) is 11.9. The molecular weight excluding hydrogens is 474 g/mol. The van der Waals surface area contributed by atoms with Crippen molar-refractivity contribution in [3.8, 4) is 5.69 Å². The molecule has 0 spiro atoms. The zero-order chi connectivity index (χ0) is 27.9. The van der Waals surface area contributed by atoms with Gasteiger partial charge in [0.25, 0.3) is 0 Å². The lowest BCUT2D eigenvalue weighted by Crippen LogP contribution is -2.35. The van der Waals surface area contributed by atoms with E-state index >= 15 is 0 Å². The third kappa shape index (κ3) is 8.97. The van der Waals surface area contributed by atoms with E-state index in [4.69, 9.17) is 19.3 Å². The summed E-state index contributed by atoms with van der Waals surface area (Å²) in [4.78, 5) is 2.44. The van der Waals surface area contributed by atoms with Gasteiger partial charge in [0.1, 0.15) is 11.4 Å². The molecule has 3 rings (SSSR count). The van der Waals surface area contributed by atoms with Gasteiger partial charge in [0.2, 0.25) is 0 Å². The number of rotatable bonds is 12. The van der Waals surface area contributed by atoms with Crippen molar-refractivity contribution in [1.29, 1.82) is 0 Å². The zero-order valence-corrected chi connectivity index (χ0v) is 24.9. The van der Waals surface area contributed by atoms with Crippen LogP contribution in [-0.2, 0) is 20.8 Å². The number of benzene rings is 1. The van der Waals surface area contributed by atoms with Crippen molar-refractivity contribution < 1.29 is 14.2 Å². The Morgan fingerprint density at radius 3 is 2.37 bits per heavy atom. The number of aromatic nitrogens is 2. The normalized spacial score (nSPS) is 15.0. The lowest BCUT2D eigenvalue weighted by atomic mass is 10.1. The molecule has 38 heavy (non-hydrogen) atoms. The van der Waals surface area contributed by atoms with Crippen LogP contribution in [0.4, 0.5) is 0 Å². The van der Waals surface area contributed by atoms with Gasteiger partial charge in [0.05, 0.1) is 30.2 Å². The fourth-order valence-corrected chi connectivity index (χ4v) is 4.41. The van der Waals surface area contributed by atoms with Gasteiger partial charge in [0.15, 0.2) is 0 Å². The number of ether oxygens (including phenoxy) is 3. The summed E-state index contributed by atoms with van der Waals surface area (Å²) < 4.78 is 20.0. The quantitative estimate of drug-likeness (QED) is 0.308. The third-order valence-electron chi connectivity index (χ3n) is 6.49. The Kier molecular flexibility index (Phi) is 10.2. The number of nitrogens with zero attached hydrogens (tertiary/aromatic N) is 3. The van der Waals surface area contributed by atoms with E-state index in [-0.39, 0.29) is 5.60 Å². The van der Waals surface area contributed by atoms with Crippen LogP contribution in [0.3, 0.4) is 0 Å². The summed E-state index contributed by atoms with van der Waals surface area (Å²) in [5, 5.41) is 4.77. The maximum Gasteiger partial charge on any atom is 0.127 e. The first-order valence-corrected chi connectivity index (χ1v) is 13.6. The van der Waals surface area contributed by atoms with E-state index in [1.54, 1.807) is 7.11 Å². The van der Waals surface area contributed by atoms with Crippen molar-refractivity contribution in [3.63, 3.8) is 0 Å². The van der Waals surface area contributed by atoms with Gasteiger partial charge in [-0.15, -0.1) is 0 Å². The highest BCUT2D eigenvalue weighted by molar-refractivity contribution is 5.40. The van der Waals surface area contributed by atoms with Crippen LogP contribution >= 0.6 is 0 Å². The maximum absolute atomic E-state index is 6.55. The molecule has 208 valence electrons. The fraction of sp³-hybridized carbons (Fsp3) is 0.531. The molecule has 1 heterocycles. The van der Waals surface area contributed by atoms with Gasteiger partial charge < -0.3 is 14.2 Å². The molecule has 0 unspecified atom stereocenters. The van der Waals surface area contributed by atoms with Crippen molar-refractivity contribution in [1.82, 2.24) is 14.7 Å². The zero-order valence-electron chi connectivity index (χ0n) is 24.9. The molecular formula is C32H47N3O3. The Bertz CT molecular complexity index is 1150. The molecule has 1 aliphatic carbocycles. The summed E-state index contributed by atoms with van der Waals surface area (Å²) >= 11 is 0. The fourth-order valence-electron chi connectivity index (χ4n) is 4.41. The van der Waals surface area contributed by atoms with Crippen molar-refractivity contribution in [2.45, 2.75) is 79.6 Å². The first-order valence-electron chi connectivity index (χ1n) is 13.6. The molecule has 1 aromatic heterocycles. The second kappa shape index (κ2) is 12.9. The average molecular weight is 522 g/mol. The Morgan fingerprint density at radius 2 is 1.71 bits per heavy atom. The molecule has 0 saturated carbocycles. The van der Waals surface area contributed by atoms with Gasteiger partial charge in [0, 0.05) is 38.5 Å². The SMILES string of the molecule is COCCN(CC1=CC(C)=C(OC(C)(C)COC(C)(C)C)C(C)=CC1)Cc1cn(-c2ccccc2)nc1C. The number of hydrogen-bond acceptors (Lipinski definition) is 5. The van der Waals surface area contributed by atoms with E-state index in [1.165, 1.54) is 16.7 Å². The highest BCUT2D eigenvalue weighted by atomic mass is 16.6. The number of para-hydroxylation sites is 1. The molecule has 1 aliphatic rings. The van der Waals surface area contributed by atoms with Crippen LogP contribution in [0.15, 0.2) is 71.2 Å². The monoisotopic (exact) mass is 521 g/mol. The lowest BCUT2D eigenvalue weighted by molar-refractivity contribution is -0.0932. The Labute approximate surface area is 230 Å². The second-order valence-corrected chi connectivity index (χ2v) is 11.9. The largest absolute Gasteiger partial charge is 0.485 e. The van der Waals surface area contributed by atoms with Crippen LogP contribution in [0.25, 0.3) is 5.69 Å². The predicted octanol–water partition coefficient (Wildman–Crippen LogP) is 6.79. The molecule has 2 aromatic rings. The Hall–Kier alpha value is -2.67. The first kappa shape index (κ1) is 29.9. The number of methoxy groups -OCH3 is 1. The molecule has 6 nitrogen and oxygen atoms in total. The van der Waals surface area contributed by atoms with Crippen molar-refractivity contribution in [2.24, 2.45) is 0 Å². The van der Waals surface area contributed by atoms with Gasteiger partial charge in [-0.3, -0.25) is 4.90 Å². The van der Waals surface area contributed by atoms with Crippen LogP contribution in [0.2, 0.25) is 0 Å². The van der Waals surface area contributed by atoms with E-state index < -0.39 is 5.60 Å². The summed E-state index contributed by atoms with van der Waals surface area (Å²) in [6.45, 7) is 20.5. The Balaban J connectivity index is 1.77. The first-order chi connectivity index (χ1) is 17.9. The number of allylic oxidation sites excluding steroid dienone is 4. The lowest BCUT2D eigenvalue weighted by Gasteiger charge is -2.32. The van der Waals surface area contributed by atoms with E-state index in [0.717, 1.165) is 48.8 Å². The summed E-state index contributed by atoms with van der Waals surface area (Å²) in [6.07, 6.45) is 7.62. The van der Waals surface area contributed by atoms with Crippen molar-refractivity contribution in [3.05, 3.63) is 82.4 Å². The van der Waals surface area contributed by atoms with Gasteiger partial charge >= 0.3 is 0 Å². The minimum Gasteiger partial charge on any atom is -0.485 e. The van der Waals surface area contributed by atoms with Crippen LogP contribution in [-0.4, -0.2) is 59.3 Å². The summed E-state index contributed by atoms with van der Waals surface area (Å²) in [5.74, 6) is 0.950. The van der Waals surface area contributed by atoms with E-state index in [9.17, 15) is 0 Å². The summed E-state index contributed by atoms with van der Waals surface area (Å²) in [5.41, 5.74) is 6.38. The van der Waals surface area contributed by atoms with Gasteiger partial charge in [-0.25, -0.2) is 4.68 Å². The van der Waals surface area contributed by atoms with Crippen molar-refractivity contribution in [2.75, 3.05) is 33.4 Å². The molecule has 6 heteroatoms.